The van der Waals surface area contributed by atoms with E-state index in [0.29, 0.717) is 6.42 Å². The molecule has 2 unspecified atom stereocenters. The van der Waals surface area contributed by atoms with Gasteiger partial charge < -0.3 is 14.2 Å². The zero-order chi connectivity index (χ0) is 13.9. The van der Waals surface area contributed by atoms with Gasteiger partial charge in [-0.2, -0.15) is 0 Å². The number of carbonyl (C=O) groups excluding carboxylic acids is 2. The maximum atomic E-state index is 11.2. The predicted molar refractivity (Wildman–Crippen MR) is 64.9 cm³/mol. The second-order valence-electron chi connectivity index (χ2n) is 4.80. The molecule has 1 fully saturated rings. The molecule has 5 atom stereocenters. The van der Waals surface area contributed by atoms with Gasteiger partial charge in [0, 0.05) is 19.8 Å². The van der Waals surface area contributed by atoms with Crippen LogP contribution in [-0.4, -0.2) is 36.4 Å². The molecule has 0 aromatic rings. The van der Waals surface area contributed by atoms with Crippen molar-refractivity contribution in [3.8, 4) is 0 Å². The van der Waals surface area contributed by atoms with E-state index < -0.39 is 12.2 Å². The van der Waals surface area contributed by atoms with Crippen LogP contribution in [0.2, 0.25) is 0 Å². The van der Waals surface area contributed by atoms with Crippen LogP contribution in [0.25, 0.3) is 0 Å². The Hall–Kier alpha value is -1.10. The van der Waals surface area contributed by atoms with E-state index >= 15 is 0 Å². The standard InChI is InChI=1S/C13H22O5/c1-6-11-13(18-10(5)15)12(17-9(4)14)7(2)8(3)16-11/h7-8,11-13H,6H2,1-5H3/t7-,8+,11?,12?,13-/m0/s1. The van der Waals surface area contributed by atoms with Crippen LogP contribution in [0, 0.1) is 5.92 Å². The lowest BCUT2D eigenvalue weighted by atomic mass is 9.87. The van der Waals surface area contributed by atoms with Crippen LogP contribution < -0.4 is 0 Å². The van der Waals surface area contributed by atoms with Gasteiger partial charge in [-0.3, -0.25) is 9.59 Å². The fraction of sp³-hybridized carbons (Fsp3) is 0.846. The molecular weight excluding hydrogens is 236 g/mol. The molecule has 0 amide bonds. The van der Waals surface area contributed by atoms with Crippen molar-refractivity contribution in [2.75, 3.05) is 0 Å². The van der Waals surface area contributed by atoms with Gasteiger partial charge in [0.15, 0.2) is 6.10 Å². The quantitative estimate of drug-likeness (QED) is 0.721. The van der Waals surface area contributed by atoms with Crippen LogP contribution in [0.5, 0.6) is 0 Å². The molecule has 5 nitrogen and oxygen atoms in total. The molecule has 0 aromatic carbocycles. The molecule has 1 aliphatic heterocycles. The Bertz CT molecular complexity index is 299. The lowest BCUT2D eigenvalue weighted by Gasteiger charge is -2.43. The predicted octanol–water partition coefficient (Wildman–Crippen LogP) is 1.68. The zero-order valence-electron chi connectivity index (χ0n) is 11.6. The van der Waals surface area contributed by atoms with Crippen molar-refractivity contribution in [3.63, 3.8) is 0 Å². The second kappa shape index (κ2) is 6.18. The molecule has 1 heterocycles. The first-order valence-electron chi connectivity index (χ1n) is 6.36. The van der Waals surface area contributed by atoms with E-state index in [1.54, 1.807) is 0 Å². The molecule has 1 aliphatic rings. The average molecular weight is 258 g/mol. The van der Waals surface area contributed by atoms with E-state index in [-0.39, 0.29) is 30.1 Å². The van der Waals surface area contributed by atoms with Crippen LogP contribution in [0.1, 0.15) is 41.0 Å². The first-order valence-corrected chi connectivity index (χ1v) is 6.36. The molecule has 18 heavy (non-hydrogen) atoms. The largest absolute Gasteiger partial charge is 0.458 e. The van der Waals surface area contributed by atoms with Gasteiger partial charge in [0.25, 0.3) is 0 Å². The van der Waals surface area contributed by atoms with E-state index in [1.807, 2.05) is 20.8 Å². The summed E-state index contributed by atoms with van der Waals surface area (Å²) < 4.78 is 16.4. The van der Waals surface area contributed by atoms with E-state index in [1.165, 1.54) is 13.8 Å². The SMILES string of the molecule is CCC1O[C@H](C)[C@H](C)C(OC(C)=O)[C@H]1OC(C)=O. The van der Waals surface area contributed by atoms with Gasteiger partial charge in [-0.1, -0.05) is 13.8 Å². The topological polar surface area (TPSA) is 61.8 Å². The second-order valence-corrected chi connectivity index (χ2v) is 4.80. The Morgan fingerprint density at radius 3 is 2.00 bits per heavy atom. The number of esters is 2. The maximum Gasteiger partial charge on any atom is 0.303 e. The molecular formula is C13H22O5. The molecule has 0 saturated carbocycles. The van der Waals surface area contributed by atoms with Gasteiger partial charge in [-0.15, -0.1) is 0 Å². The fourth-order valence-electron chi connectivity index (χ4n) is 2.28. The highest BCUT2D eigenvalue weighted by Gasteiger charge is 2.45. The molecule has 0 radical (unpaired) electrons. The third-order valence-corrected chi connectivity index (χ3v) is 3.34. The number of rotatable bonds is 3. The summed E-state index contributed by atoms with van der Waals surface area (Å²) >= 11 is 0. The third-order valence-electron chi connectivity index (χ3n) is 3.34. The summed E-state index contributed by atoms with van der Waals surface area (Å²) in [5.41, 5.74) is 0. The minimum Gasteiger partial charge on any atom is -0.458 e. The molecule has 0 spiro atoms. The van der Waals surface area contributed by atoms with E-state index in [4.69, 9.17) is 14.2 Å². The fourth-order valence-corrected chi connectivity index (χ4v) is 2.28. The summed E-state index contributed by atoms with van der Waals surface area (Å²) in [5, 5.41) is 0. The normalized spacial score (nSPS) is 35.9. The maximum absolute atomic E-state index is 11.2. The van der Waals surface area contributed by atoms with Gasteiger partial charge in [-0.25, -0.2) is 0 Å². The molecule has 5 heteroatoms. The Morgan fingerprint density at radius 2 is 1.56 bits per heavy atom. The van der Waals surface area contributed by atoms with Gasteiger partial charge in [0.1, 0.15) is 6.10 Å². The smallest absolute Gasteiger partial charge is 0.303 e. The summed E-state index contributed by atoms with van der Waals surface area (Å²) in [6, 6.07) is 0. The Morgan fingerprint density at radius 1 is 1.06 bits per heavy atom. The van der Waals surface area contributed by atoms with Gasteiger partial charge >= 0.3 is 11.9 Å². The highest BCUT2D eigenvalue weighted by molar-refractivity contribution is 5.67. The summed E-state index contributed by atoms with van der Waals surface area (Å²) in [4.78, 5) is 22.4. The van der Waals surface area contributed by atoms with Crippen molar-refractivity contribution in [2.45, 2.75) is 65.5 Å². The van der Waals surface area contributed by atoms with Gasteiger partial charge in [0.2, 0.25) is 0 Å². The van der Waals surface area contributed by atoms with Crippen molar-refractivity contribution in [1.82, 2.24) is 0 Å². The minimum atomic E-state index is -0.525. The van der Waals surface area contributed by atoms with Crippen molar-refractivity contribution < 1.29 is 23.8 Å². The van der Waals surface area contributed by atoms with E-state index in [0.717, 1.165) is 0 Å². The van der Waals surface area contributed by atoms with Crippen LogP contribution >= 0.6 is 0 Å². The third kappa shape index (κ3) is 3.45. The molecule has 0 N–H and O–H groups in total. The summed E-state index contributed by atoms with van der Waals surface area (Å²) in [6.07, 6.45) is -0.537. The Labute approximate surface area is 108 Å². The van der Waals surface area contributed by atoms with Gasteiger partial charge in [0.05, 0.1) is 12.2 Å². The average Bonchev–Trinajstić information content (AvgIpc) is 2.27. The lowest BCUT2D eigenvalue weighted by molar-refractivity contribution is -0.220. The van der Waals surface area contributed by atoms with Crippen molar-refractivity contribution >= 4 is 11.9 Å². The first kappa shape index (κ1) is 15.0. The van der Waals surface area contributed by atoms with Crippen LogP contribution in [-0.2, 0) is 23.8 Å². The Kier molecular flexibility index (Phi) is 5.14. The highest BCUT2D eigenvalue weighted by atomic mass is 16.6. The first-order chi connectivity index (χ1) is 8.36. The molecule has 0 aromatic heterocycles. The van der Waals surface area contributed by atoms with Crippen molar-refractivity contribution in [1.29, 1.82) is 0 Å². The minimum absolute atomic E-state index is 0.0129. The number of ether oxygens (including phenoxy) is 3. The zero-order valence-corrected chi connectivity index (χ0v) is 11.6. The molecule has 1 rings (SSSR count). The molecule has 0 bridgehead atoms. The van der Waals surface area contributed by atoms with E-state index in [2.05, 4.69) is 0 Å². The summed E-state index contributed by atoms with van der Waals surface area (Å²) in [5.74, 6) is -0.769. The van der Waals surface area contributed by atoms with Crippen molar-refractivity contribution in [3.05, 3.63) is 0 Å². The summed E-state index contributed by atoms with van der Waals surface area (Å²) in [7, 11) is 0. The van der Waals surface area contributed by atoms with Crippen LogP contribution in [0.3, 0.4) is 0 Å². The molecule has 0 aliphatic carbocycles. The van der Waals surface area contributed by atoms with Crippen LogP contribution in [0.15, 0.2) is 0 Å². The lowest BCUT2D eigenvalue weighted by Crippen LogP contribution is -2.55. The number of hydrogen-bond donors (Lipinski definition) is 0. The number of carbonyl (C=O) groups is 2. The monoisotopic (exact) mass is 258 g/mol. The Balaban J connectivity index is 2.92. The highest BCUT2D eigenvalue weighted by Crippen LogP contribution is 2.31. The van der Waals surface area contributed by atoms with Crippen molar-refractivity contribution in [2.24, 2.45) is 5.92 Å². The molecule has 104 valence electrons. The molecule has 1 saturated heterocycles. The van der Waals surface area contributed by atoms with E-state index in [9.17, 15) is 9.59 Å². The number of hydrogen-bond acceptors (Lipinski definition) is 5. The summed E-state index contributed by atoms with van der Waals surface area (Å²) in [6.45, 7) is 8.53. The van der Waals surface area contributed by atoms with Gasteiger partial charge in [-0.05, 0) is 13.3 Å². The van der Waals surface area contributed by atoms with Crippen LogP contribution in [0.4, 0.5) is 0 Å².